The Labute approximate surface area is 136 Å². The van der Waals surface area contributed by atoms with Gasteiger partial charge in [-0.25, -0.2) is 0 Å². The summed E-state index contributed by atoms with van der Waals surface area (Å²) in [6, 6.07) is 0. The van der Waals surface area contributed by atoms with Crippen LogP contribution in [-0.4, -0.2) is 0 Å². The van der Waals surface area contributed by atoms with Crippen LogP contribution in [0.25, 0.3) is 0 Å². The standard InChI is InChI=1S/C8H18.6C2H6/c1-4-5-6-7-8(2)3;6*1-2/h8H,4-7H2,1-3H3;6*1-2H3. The molecule has 0 rings (SSSR count). The average molecular weight is 295 g/mol. The van der Waals surface area contributed by atoms with Gasteiger partial charge in [-0.05, 0) is 5.92 Å². The zero-order chi connectivity index (χ0) is 18.4. The molecule has 0 spiro atoms. The lowest BCUT2D eigenvalue weighted by Crippen LogP contribution is -1.85. The van der Waals surface area contributed by atoms with Crippen molar-refractivity contribution in [3.8, 4) is 0 Å². The van der Waals surface area contributed by atoms with Crippen molar-refractivity contribution in [3.05, 3.63) is 0 Å². The molecule has 0 aliphatic carbocycles. The van der Waals surface area contributed by atoms with Crippen LogP contribution >= 0.6 is 0 Å². The summed E-state index contributed by atoms with van der Waals surface area (Å²) in [7, 11) is 0. The first-order valence-electron chi connectivity index (χ1n) is 9.77. The Morgan fingerprint density at radius 1 is 0.500 bits per heavy atom. The minimum absolute atomic E-state index is 0.904. The predicted molar refractivity (Wildman–Crippen MR) is 107 cm³/mol. The maximum absolute atomic E-state index is 2.29. The molecule has 0 fully saturated rings. The Morgan fingerprint density at radius 2 is 0.750 bits per heavy atom. The summed E-state index contributed by atoms with van der Waals surface area (Å²) in [5.74, 6) is 0.904. The van der Waals surface area contributed by atoms with Crippen molar-refractivity contribution in [1.29, 1.82) is 0 Å². The lowest BCUT2D eigenvalue weighted by molar-refractivity contribution is 0.534. The SMILES string of the molecule is CC.CC.CC.CC.CC.CC.CCCCCC(C)C. The molecule has 0 N–H and O–H groups in total. The van der Waals surface area contributed by atoms with Gasteiger partial charge in [0.25, 0.3) is 0 Å². The maximum atomic E-state index is 2.29. The minimum Gasteiger partial charge on any atom is -0.0683 e. The zero-order valence-corrected chi connectivity index (χ0v) is 18.4. The van der Waals surface area contributed by atoms with E-state index in [0.29, 0.717) is 0 Å². The number of rotatable bonds is 4. The third-order valence-corrected chi connectivity index (χ3v) is 1.39. The van der Waals surface area contributed by atoms with Crippen LogP contribution in [-0.2, 0) is 0 Å². The molecule has 0 unspecified atom stereocenters. The van der Waals surface area contributed by atoms with Crippen molar-refractivity contribution in [2.24, 2.45) is 5.92 Å². The lowest BCUT2D eigenvalue weighted by Gasteiger charge is -2.00. The molecule has 0 aliphatic heterocycles. The second-order valence-corrected chi connectivity index (χ2v) is 2.89. The van der Waals surface area contributed by atoms with E-state index in [4.69, 9.17) is 0 Å². The van der Waals surface area contributed by atoms with Crippen LogP contribution in [0.15, 0.2) is 0 Å². The van der Waals surface area contributed by atoms with Gasteiger partial charge in [-0.1, -0.05) is 130 Å². The van der Waals surface area contributed by atoms with Crippen LogP contribution in [0.5, 0.6) is 0 Å². The molecule has 0 atom stereocenters. The van der Waals surface area contributed by atoms with Crippen molar-refractivity contribution in [2.45, 2.75) is 130 Å². The monoisotopic (exact) mass is 294 g/mol. The van der Waals surface area contributed by atoms with E-state index in [-0.39, 0.29) is 0 Å². The zero-order valence-electron chi connectivity index (χ0n) is 18.4. The molecule has 0 saturated heterocycles. The van der Waals surface area contributed by atoms with Gasteiger partial charge in [0.1, 0.15) is 0 Å². The fourth-order valence-corrected chi connectivity index (χ4v) is 0.803. The minimum atomic E-state index is 0.904. The Kier molecular flexibility index (Phi) is 268. The van der Waals surface area contributed by atoms with Gasteiger partial charge in [-0.2, -0.15) is 0 Å². The van der Waals surface area contributed by atoms with Gasteiger partial charge < -0.3 is 0 Å². The second-order valence-electron chi connectivity index (χ2n) is 2.89. The van der Waals surface area contributed by atoms with E-state index in [1.807, 2.05) is 83.1 Å². The highest BCUT2D eigenvalue weighted by molar-refractivity contribution is 4.44. The van der Waals surface area contributed by atoms with Crippen molar-refractivity contribution >= 4 is 0 Å². The van der Waals surface area contributed by atoms with Crippen molar-refractivity contribution in [3.63, 3.8) is 0 Å². The van der Waals surface area contributed by atoms with Crippen LogP contribution in [0, 0.1) is 5.92 Å². The molecule has 0 aromatic heterocycles. The van der Waals surface area contributed by atoms with E-state index in [2.05, 4.69) is 20.8 Å². The molecule has 0 radical (unpaired) electrons. The Balaban J connectivity index is -0.0000000238. The van der Waals surface area contributed by atoms with E-state index in [0.717, 1.165) is 5.92 Å². The third kappa shape index (κ3) is 208. The van der Waals surface area contributed by atoms with E-state index >= 15 is 0 Å². The highest BCUT2D eigenvalue weighted by atomic mass is 14.0. The second kappa shape index (κ2) is 126. The highest BCUT2D eigenvalue weighted by Crippen LogP contribution is 2.06. The molecule has 0 aliphatic rings. The van der Waals surface area contributed by atoms with E-state index < -0.39 is 0 Å². The van der Waals surface area contributed by atoms with E-state index in [9.17, 15) is 0 Å². The largest absolute Gasteiger partial charge is 0.0683 e. The topological polar surface area (TPSA) is 0 Å². The number of hydrogen-bond donors (Lipinski definition) is 0. The van der Waals surface area contributed by atoms with Crippen molar-refractivity contribution in [2.75, 3.05) is 0 Å². The Morgan fingerprint density at radius 3 is 0.900 bits per heavy atom. The summed E-state index contributed by atoms with van der Waals surface area (Å²) in [5.41, 5.74) is 0. The van der Waals surface area contributed by atoms with E-state index in [1.165, 1.54) is 25.7 Å². The summed E-state index contributed by atoms with van der Waals surface area (Å²) < 4.78 is 0. The summed E-state index contributed by atoms with van der Waals surface area (Å²) >= 11 is 0. The van der Waals surface area contributed by atoms with Crippen molar-refractivity contribution in [1.82, 2.24) is 0 Å². The molecule has 20 heavy (non-hydrogen) atoms. The smallest absolute Gasteiger partial charge is 0.0471 e. The van der Waals surface area contributed by atoms with Gasteiger partial charge in [0, 0.05) is 0 Å². The van der Waals surface area contributed by atoms with Gasteiger partial charge >= 0.3 is 0 Å². The molecule has 0 nitrogen and oxygen atoms in total. The van der Waals surface area contributed by atoms with Crippen LogP contribution < -0.4 is 0 Å². The predicted octanol–water partition coefficient (Wildman–Crippen LogP) is 9.38. The van der Waals surface area contributed by atoms with Crippen molar-refractivity contribution < 1.29 is 0 Å². The van der Waals surface area contributed by atoms with Gasteiger partial charge in [0.2, 0.25) is 0 Å². The lowest BCUT2D eigenvalue weighted by atomic mass is 10.1. The van der Waals surface area contributed by atoms with Gasteiger partial charge in [-0.15, -0.1) is 0 Å². The molecule has 0 amide bonds. The fourth-order valence-electron chi connectivity index (χ4n) is 0.803. The summed E-state index contributed by atoms with van der Waals surface area (Å²) in [6.45, 7) is 30.8. The van der Waals surface area contributed by atoms with E-state index in [1.54, 1.807) is 0 Å². The summed E-state index contributed by atoms with van der Waals surface area (Å²) in [4.78, 5) is 0. The normalized spacial score (nSPS) is 6.00. The summed E-state index contributed by atoms with van der Waals surface area (Å²) in [6.07, 6.45) is 5.60. The molecule has 0 saturated carbocycles. The average Bonchev–Trinajstić information content (AvgIpc) is 2.59. The molecule has 134 valence electrons. The van der Waals surface area contributed by atoms with Crippen LogP contribution in [0.4, 0.5) is 0 Å². The molecule has 0 heteroatoms. The van der Waals surface area contributed by atoms with Gasteiger partial charge in [-0.3, -0.25) is 0 Å². The molecule has 0 heterocycles. The Hall–Kier alpha value is 0. The third-order valence-electron chi connectivity index (χ3n) is 1.39. The van der Waals surface area contributed by atoms with Gasteiger partial charge in [0.05, 0.1) is 0 Å². The molecule has 0 aromatic rings. The molecular weight excluding hydrogens is 240 g/mol. The van der Waals surface area contributed by atoms with Crippen LogP contribution in [0.3, 0.4) is 0 Å². The highest BCUT2D eigenvalue weighted by Gasteiger charge is 1.90. The molecule has 0 aromatic carbocycles. The molecule has 0 bridgehead atoms. The first-order chi connectivity index (χ1) is 9.77. The maximum Gasteiger partial charge on any atom is -0.0471 e. The van der Waals surface area contributed by atoms with Crippen LogP contribution in [0.1, 0.15) is 130 Å². The summed E-state index contributed by atoms with van der Waals surface area (Å²) in [5, 5.41) is 0. The fraction of sp³-hybridized carbons (Fsp3) is 1.00. The van der Waals surface area contributed by atoms with Gasteiger partial charge in [0.15, 0.2) is 0 Å². The molecular formula is C20H54. The van der Waals surface area contributed by atoms with Crippen LogP contribution in [0.2, 0.25) is 0 Å². The number of hydrogen-bond acceptors (Lipinski definition) is 0. The quantitative estimate of drug-likeness (QED) is 0.453. The first kappa shape index (κ1) is 42.7. The first-order valence-corrected chi connectivity index (χ1v) is 9.77. The Bertz CT molecular complexity index is 37.3. The number of unbranched alkanes of at least 4 members (excludes halogenated alkanes) is 2.